The number of carbonyl (C=O) groups excluding carboxylic acids is 1. The molecule has 2 aliphatic carbocycles. The van der Waals surface area contributed by atoms with Crippen LogP contribution >= 0.6 is 24.2 Å². The molecule has 38 heavy (non-hydrogen) atoms. The number of hydrogen-bond acceptors (Lipinski definition) is 4. The van der Waals surface area contributed by atoms with E-state index in [4.69, 9.17) is 22.1 Å². The van der Waals surface area contributed by atoms with Crippen LogP contribution in [-0.2, 0) is 11.8 Å². The lowest BCUT2D eigenvalue weighted by molar-refractivity contribution is 0.1000. The summed E-state index contributed by atoms with van der Waals surface area (Å²) < 4.78 is 6.54. The summed E-state index contributed by atoms with van der Waals surface area (Å²) in [5.74, 6) is 2.59. The molecule has 1 saturated carbocycles. The smallest absolute Gasteiger partial charge is 0.248 e. The lowest BCUT2D eigenvalue weighted by Crippen LogP contribution is -2.48. The molecule has 3 aliphatic rings. The van der Waals surface area contributed by atoms with Gasteiger partial charge in [-0.1, -0.05) is 50.8 Å². The lowest BCUT2D eigenvalue weighted by atomic mass is 9.68. The van der Waals surface area contributed by atoms with Crippen LogP contribution in [0.3, 0.4) is 0 Å². The third kappa shape index (κ3) is 5.84. The number of aryl methyl sites for hydroxylation is 1. The van der Waals surface area contributed by atoms with Crippen molar-refractivity contribution in [2.75, 3.05) is 24.6 Å². The van der Waals surface area contributed by atoms with Crippen LogP contribution in [0.1, 0.15) is 86.7 Å². The van der Waals surface area contributed by atoms with Gasteiger partial charge >= 0.3 is 0 Å². The number of thiol groups is 1. The SMILES string of the molecule is C[C@@H](S)[C@@H](C)CCCC[C@@H]1CC[C@H]1CN1C[C@@]2(CCCc3cc(Cl)ccc32)COc2ccc(C(N)=O)cc21. The summed E-state index contributed by atoms with van der Waals surface area (Å²) in [6, 6.07) is 12.1. The number of anilines is 1. The van der Waals surface area contributed by atoms with Crippen LogP contribution < -0.4 is 15.4 Å². The number of benzene rings is 2. The highest BCUT2D eigenvalue weighted by Crippen LogP contribution is 2.46. The Kier molecular flexibility index (Phi) is 8.54. The Hall–Kier alpha value is -1.85. The summed E-state index contributed by atoms with van der Waals surface area (Å²) in [7, 11) is 0. The minimum Gasteiger partial charge on any atom is -0.490 e. The first-order chi connectivity index (χ1) is 18.3. The first kappa shape index (κ1) is 27.7. The Labute approximate surface area is 239 Å². The maximum absolute atomic E-state index is 12.1. The molecule has 6 heteroatoms. The fraction of sp³-hybridized carbons (Fsp3) is 0.594. The zero-order valence-corrected chi connectivity index (χ0v) is 24.6. The van der Waals surface area contributed by atoms with Crippen molar-refractivity contribution < 1.29 is 9.53 Å². The number of primary amides is 1. The van der Waals surface area contributed by atoms with Crippen LogP contribution in [0.5, 0.6) is 5.75 Å². The van der Waals surface area contributed by atoms with E-state index in [2.05, 4.69) is 43.5 Å². The predicted molar refractivity (Wildman–Crippen MR) is 161 cm³/mol. The summed E-state index contributed by atoms with van der Waals surface area (Å²) in [5, 5.41) is 1.27. The minimum atomic E-state index is -0.393. The molecule has 2 aromatic carbocycles. The first-order valence-corrected chi connectivity index (χ1v) is 15.4. The van der Waals surface area contributed by atoms with Gasteiger partial charge in [-0.25, -0.2) is 0 Å². The van der Waals surface area contributed by atoms with Crippen LogP contribution in [0.15, 0.2) is 36.4 Å². The topological polar surface area (TPSA) is 55.6 Å². The second-order valence-electron chi connectivity index (χ2n) is 12.3. The Morgan fingerprint density at radius 2 is 2.00 bits per heavy atom. The van der Waals surface area contributed by atoms with Crippen molar-refractivity contribution in [1.29, 1.82) is 0 Å². The number of fused-ring (bicyclic) bond motifs is 3. The van der Waals surface area contributed by atoms with Crippen molar-refractivity contribution in [2.45, 2.75) is 82.3 Å². The number of nitrogens with zero attached hydrogens (tertiary/aromatic N) is 1. The van der Waals surface area contributed by atoms with E-state index in [1.54, 1.807) is 6.07 Å². The van der Waals surface area contributed by atoms with Gasteiger partial charge in [-0.2, -0.15) is 12.6 Å². The van der Waals surface area contributed by atoms with E-state index >= 15 is 0 Å². The fourth-order valence-corrected chi connectivity index (χ4v) is 7.27. The quantitative estimate of drug-likeness (QED) is 0.250. The number of unbranched alkanes of at least 4 members (excludes halogenated alkanes) is 1. The van der Waals surface area contributed by atoms with E-state index in [0.29, 0.717) is 29.3 Å². The third-order valence-corrected chi connectivity index (χ3v) is 10.4. The van der Waals surface area contributed by atoms with E-state index in [1.165, 1.54) is 49.7 Å². The number of nitrogens with two attached hydrogens (primary N) is 1. The van der Waals surface area contributed by atoms with Gasteiger partial charge in [0.1, 0.15) is 5.75 Å². The van der Waals surface area contributed by atoms with Crippen molar-refractivity contribution in [3.8, 4) is 5.75 Å². The zero-order valence-electron chi connectivity index (χ0n) is 22.9. The van der Waals surface area contributed by atoms with E-state index in [1.807, 2.05) is 18.2 Å². The van der Waals surface area contributed by atoms with Gasteiger partial charge in [0.15, 0.2) is 0 Å². The summed E-state index contributed by atoms with van der Waals surface area (Å²) >= 11 is 11.0. The van der Waals surface area contributed by atoms with E-state index in [0.717, 1.165) is 54.7 Å². The maximum atomic E-state index is 12.1. The van der Waals surface area contributed by atoms with Gasteiger partial charge in [-0.05, 0) is 97.7 Å². The standard InChI is InChI=1S/C32H43ClN2O2S/c1-21(22(2)38)6-3-4-7-23-9-10-26(23)18-35-19-32(15-5-8-24-16-27(33)12-13-28(24)32)20-37-30-14-11-25(31(34)36)17-29(30)35/h11-14,16-17,21-23,26,38H,3-10,15,18-20H2,1-2H3,(H2,34,36)/t21-,22+,23+,26-,32-/m0/s1. The number of halogens is 1. The molecule has 1 spiro atoms. The third-order valence-electron chi connectivity index (χ3n) is 9.66. The van der Waals surface area contributed by atoms with Gasteiger partial charge in [0.2, 0.25) is 5.91 Å². The summed E-state index contributed by atoms with van der Waals surface area (Å²) in [4.78, 5) is 14.6. The van der Waals surface area contributed by atoms with Crippen LogP contribution in [0, 0.1) is 17.8 Å². The van der Waals surface area contributed by atoms with Gasteiger partial charge in [0.05, 0.1) is 12.3 Å². The van der Waals surface area contributed by atoms with Gasteiger partial charge in [-0.3, -0.25) is 4.79 Å². The Morgan fingerprint density at radius 1 is 1.18 bits per heavy atom. The van der Waals surface area contributed by atoms with Gasteiger partial charge in [0.25, 0.3) is 0 Å². The second kappa shape index (κ2) is 11.7. The van der Waals surface area contributed by atoms with Gasteiger partial charge < -0.3 is 15.4 Å². The molecule has 5 rings (SSSR count). The number of amides is 1. The van der Waals surface area contributed by atoms with Crippen LogP contribution in [-0.4, -0.2) is 30.9 Å². The van der Waals surface area contributed by atoms with E-state index < -0.39 is 5.91 Å². The highest BCUT2D eigenvalue weighted by molar-refractivity contribution is 7.80. The summed E-state index contributed by atoms with van der Waals surface area (Å²) in [6.07, 6.45) is 11.0. The average molecular weight is 555 g/mol. The molecule has 1 amide bonds. The molecule has 0 unspecified atom stereocenters. The summed E-state index contributed by atoms with van der Waals surface area (Å²) in [5.41, 5.74) is 9.89. The monoisotopic (exact) mass is 554 g/mol. The van der Waals surface area contributed by atoms with Crippen LogP contribution in [0.25, 0.3) is 0 Å². The highest BCUT2D eigenvalue weighted by Gasteiger charge is 2.43. The number of hydrogen-bond donors (Lipinski definition) is 2. The van der Waals surface area contributed by atoms with E-state index in [9.17, 15) is 4.79 Å². The number of carbonyl (C=O) groups is 1. The Bertz CT molecular complexity index is 1150. The van der Waals surface area contributed by atoms with Crippen molar-refractivity contribution in [1.82, 2.24) is 0 Å². The molecule has 1 aliphatic heterocycles. The number of rotatable bonds is 9. The molecule has 4 nitrogen and oxygen atoms in total. The molecule has 0 radical (unpaired) electrons. The van der Waals surface area contributed by atoms with Gasteiger partial charge in [0, 0.05) is 34.3 Å². The zero-order chi connectivity index (χ0) is 26.9. The van der Waals surface area contributed by atoms with E-state index in [-0.39, 0.29) is 5.41 Å². The molecule has 1 fully saturated rings. The highest BCUT2D eigenvalue weighted by atomic mass is 35.5. The lowest BCUT2D eigenvalue weighted by Gasteiger charge is -2.44. The predicted octanol–water partition coefficient (Wildman–Crippen LogP) is 7.45. The first-order valence-electron chi connectivity index (χ1n) is 14.5. The molecule has 0 bridgehead atoms. The van der Waals surface area contributed by atoms with Crippen molar-refractivity contribution in [3.63, 3.8) is 0 Å². The molecular formula is C32H43ClN2O2S. The van der Waals surface area contributed by atoms with Crippen LogP contribution in [0.2, 0.25) is 5.02 Å². The molecule has 1 heterocycles. The summed E-state index contributed by atoms with van der Waals surface area (Å²) in [6.45, 7) is 7.04. The Morgan fingerprint density at radius 3 is 2.74 bits per heavy atom. The van der Waals surface area contributed by atoms with Crippen molar-refractivity contribution in [3.05, 3.63) is 58.1 Å². The largest absolute Gasteiger partial charge is 0.490 e. The minimum absolute atomic E-state index is 0.0942. The maximum Gasteiger partial charge on any atom is 0.248 e. The normalized spacial score (nSPS) is 25.9. The fourth-order valence-electron chi connectivity index (χ4n) is 6.92. The molecule has 2 N–H and O–H groups in total. The molecule has 0 aromatic heterocycles. The average Bonchev–Trinajstić information content (AvgIpc) is 3.03. The molecule has 2 aromatic rings. The molecule has 0 saturated heterocycles. The van der Waals surface area contributed by atoms with Crippen molar-refractivity contribution >= 4 is 35.8 Å². The number of ether oxygens (including phenoxy) is 1. The van der Waals surface area contributed by atoms with Crippen LogP contribution in [0.4, 0.5) is 5.69 Å². The molecular weight excluding hydrogens is 512 g/mol. The van der Waals surface area contributed by atoms with Crippen molar-refractivity contribution in [2.24, 2.45) is 23.5 Å². The Balaban J connectivity index is 1.37. The molecule has 206 valence electrons. The second-order valence-corrected chi connectivity index (χ2v) is 13.5. The van der Waals surface area contributed by atoms with Gasteiger partial charge in [-0.15, -0.1) is 0 Å². The molecule has 5 atom stereocenters.